The number of esters is 2. The first-order valence-corrected chi connectivity index (χ1v) is 29.9. The second kappa shape index (κ2) is 31.8. The fraction of sp³-hybridized carbons (Fsp3) is 0.651. The van der Waals surface area contributed by atoms with Gasteiger partial charge in [-0.3, -0.25) is 43.2 Å². The lowest BCUT2D eigenvalue weighted by molar-refractivity contribution is -0.177. The van der Waals surface area contributed by atoms with E-state index in [2.05, 4.69) is 16.0 Å². The van der Waals surface area contributed by atoms with Gasteiger partial charge in [-0.2, -0.15) is 0 Å². The lowest BCUT2D eigenvalue weighted by Gasteiger charge is -2.39. The standard InChI is InChI=1S/C63H96N8O13/c1-16-18-34-83-49(72)32-31-44-57(76)68(13)50(39(5)6)55(74)65-45(35-38(3)4)59(78)70(15)53(63(10,11)82)62(81)84-52(41(9)17-2)61(80)69(14)51(40(7)8)56(75)66-46(36-42-26-21-19-22-27-42)58(77)67(12)48(37-43-28-23-20-24-29-43)60(79)71-33-25-30-47(71)54(73)64-44/h19-24,26-29,38-41,44-48,50-53,82H,16-18,25,30-37H2,1-15H3,(H,64,73)(H,65,74)(H,66,75)/t41-,44+,45+,46+,47+,48+,50+,51+,52-,53-/m1/s1. The van der Waals surface area contributed by atoms with E-state index in [1.54, 1.807) is 96.1 Å². The quantitative estimate of drug-likeness (QED) is 0.126. The third kappa shape index (κ3) is 18.5. The summed E-state index contributed by atoms with van der Waals surface area (Å²) in [6, 6.07) is 7.17. The summed E-state index contributed by atoms with van der Waals surface area (Å²) in [7, 11) is 5.51. The van der Waals surface area contributed by atoms with Crippen molar-refractivity contribution in [2.75, 3.05) is 41.3 Å². The first-order chi connectivity index (χ1) is 39.5. The molecule has 0 aliphatic carbocycles. The molecule has 466 valence electrons. The number of likely N-dealkylation sites (N-methyl/N-ethyl adjacent to an activating group) is 4. The predicted molar refractivity (Wildman–Crippen MR) is 317 cm³/mol. The summed E-state index contributed by atoms with van der Waals surface area (Å²) in [6.07, 6.45) is 0.140. The molecular weight excluding hydrogens is 1080 g/mol. The molecular formula is C63H96N8O13. The summed E-state index contributed by atoms with van der Waals surface area (Å²) in [5.74, 6) is -9.61. The maximum Gasteiger partial charge on any atom is 0.332 e. The van der Waals surface area contributed by atoms with Crippen LogP contribution < -0.4 is 16.0 Å². The molecule has 21 nitrogen and oxygen atoms in total. The van der Waals surface area contributed by atoms with Crippen LogP contribution in [0.3, 0.4) is 0 Å². The van der Waals surface area contributed by atoms with E-state index < -0.39 is 137 Å². The number of nitrogens with zero attached hydrogens (tertiary/aromatic N) is 5. The normalized spacial score (nSPS) is 25.2. The molecule has 0 aromatic heterocycles. The van der Waals surface area contributed by atoms with Gasteiger partial charge in [0.2, 0.25) is 41.4 Å². The molecule has 4 N–H and O–H groups in total. The minimum absolute atomic E-state index is 0.00122. The Balaban J connectivity index is 1.98. The third-order valence-electron chi connectivity index (χ3n) is 16.0. The summed E-state index contributed by atoms with van der Waals surface area (Å²) >= 11 is 0. The number of aliphatic hydroxyl groups is 1. The van der Waals surface area contributed by atoms with Gasteiger partial charge in [0.15, 0.2) is 12.1 Å². The van der Waals surface area contributed by atoms with Gasteiger partial charge in [0, 0.05) is 59.9 Å². The lowest BCUT2D eigenvalue weighted by Crippen LogP contribution is -2.62. The van der Waals surface area contributed by atoms with Crippen molar-refractivity contribution in [3.8, 4) is 0 Å². The van der Waals surface area contributed by atoms with E-state index in [0.29, 0.717) is 30.4 Å². The number of carbonyl (C=O) groups excluding carboxylic acids is 10. The van der Waals surface area contributed by atoms with Crippen LogP contribution in [0.15, 0.2) is 60.7 Å². The molecule has 2 aromatic rings. The molecule has 2 aliphatic rings. The SMILES string of the molecule is CCCCOC(=O)CC[C@@H]1NC(=O)[C@@H]2CCCN2C(=O)[C@H](Cc2ccccc2)N(C)C(=O)[C@H](Cc2ccccc2)NC(=O)[C@H](C(C)C)N(C)C(=O)[C@@H]([C@H](C)CC)OC(=O)[C@H](C(C)(C)O)N(C)C(=O)[C@H](CC(C)C)NC(=O)[C@H](C(C)C)N(C)C1=O. The highest BCUT2D eigenvalue weighted by Gasteiger charge is 2.48. The van der Waals surface area contributed by atoms with E-state index in [4.69, 9.17) is 9.47 Å². The van der Waals surface area contributed by atoms with Crippen molar-refractivity contribution in [3.63, 3.8) is 0 Å². The van der Waals surface area contributed by atoms with Crippen LogP contribution in [-0.4, -0.2) is 190 Å². The zero-order valence-electron chi connectivity index (χ0n) is 52.3. The monoisotopic (exact) mass is 1170 g/mol. The molecule has 2 aromatic carbocycles. The minimum Gasteiger partial charge on any atom is -0.466 e. The Kier molecular flexibility index (Phi) is 26.4. The Bertz CT molecular complexity index is 2570. The number of hydrogen-bond acceptors (Lipinski definition) is 13. The summed E-state index contributed by atoms with van der Waals surface area (Å²) in [5.41, 5.74) is -0.650. The van der Waals surface area contributed by atoms with Crippen LogP contribution in [-0.2, 0) is 70.3 Å². The first-order valence-electron chi connectivity index (χ1n) is 29.9. The number of cyclic esters (lactones) is 1. The van der Waals surface area contributed by atoms with Gasteiger partial charge in [-0.1, -0.05) is 129 Å². The molecule has 10 atom stereocenters. The fourth-order valence-corrected chi connectivity index (χ4v) is 11.2. The van der Waals surface area contributed by atoms with E-state index in [9.17, 15) is 43.5 Å². The number of nitrogens with one attached hydrogen (secondary N) is 3. The van der Waals surface area contributed by atoms with Gasteiger partial charge in [0.1, 0.15) is 42.3 Å². The van der Waals surface area contributed by atoms with Crippen molar-refractivity contribution in [2.24, 2.45) is 23.7 Å². The number of carbonyl (C=O) groups is 10. The summed E-state index contributed by atoms with van der Waals surface area (Å²) in [5, 5.41) is 20.3. The van der Waals surface area contributed by atoms with Crippen LogP contribution in [0.4, 0.5) is 0 Å². The summed E-state index contributed by atoms with van der Waals surface area (Å²) in [6.45, 7) is 18.7. The van der Waals surface area contributed by atoms with Crippen LogP contribution in [0.1, 0.15) is 139 Å². The van der Waals surface area contributed by atoms with Gasteiger partial charge >= 0.3 is 11.9 Å². The highest BCUT2D eigenvalue weighted by Crippen LogP contribution is 2.27. The number of fused-ring (bicyclic) bond motifs is 1. The molecule has 0 saturated carbocycles. The van der Waals surface area contributed by atoms with Gasteiger partial charge < -0.3 is 55.0 Å². The largest absolute Gasteiger partial charge is 0.466 e. The van der Waals surface area contributed by atoms with E-state index in [-0.39, 0.29) is 57.6 Å². The van der Waals surface area contributed by atoms with Crippen LogP contribution >= 0.6 is 0 Å². The maximum absolute atomic E-state index is 15.4. The van der Waals surface area contributed by atoms with Crippen molar-refractivity contribution >= 4 is 59.2 Å². The molecule has 21 heteroatoms. The van der Waals surface area contributed by atoms with Gasteiger partial charge in [0.25, 0.3) is 5.91 Å². The van der Waals surface area contributed by atoms with Gasteiger partial charge in [-0.05, 0) is 81.3 Å². The number of unbranched alkanes of at least 4 members (excludes halogenated alkanes) is 1. The van der Waals surface area contributed by atoms with Gasteiger partial charge in [-0.25, -0.2) is 4.79 Å². The molecule has 4 rings (SSSR count). The van der Waals surface area contributed by atoms with E-state index in [0.717, 1.165) is 16.2 Å². The average molecular weight is 1170 g/mol. The van der Waals surface area contributed by atoms with Crippen LogP contribution in [0.5, 0.6) is 0 Å². The molecule has 0 unspecified atom stereocenters. The molecule has 2 heterocycles. The highest BCUT2D eigenvalue weighted by molar-refractivity contribution is 5.99. The summed E-state index contributed by atoms with van der Waals surface area (Å²) in [4.78, 5) is 154. The van der Waals surface area contributed by atoms with Crippen LogP contribution in [0.2, 0.25) is 0 Å². The van der Waals surface area contributed by atoms with Crippen molar-refractivity contribution in [2.45, 2.75) is 200 Å². The van der Waals surface area contributed by atoms with Crippen molar-refractivity contribution in [3.05, 3.63) is 71.8 Å². The molecule has 84 heavy (non-hydrogen) atoms. The van der Waals surface area contributed by atoms with Crippen LogP contribution in [0, 0.1) is 23.7 Å². The van der Waals surface area contributed by atoms with Crippen LogP contribution in [0.25, 0.3) is 0 Å². The summed E-state index contributed by atoms with van der Waals surface area (Å²) < 4.78 is 11.5. The van der Waals surface area contributed by atoms with E-state index >= 15 is 9.59 Å². The smallest absolute Gasteiger partial charge is 0.332 e. The third-order valence-corrected chi connectivity index (χ3v) is 16.0. The molecule has 0 spiro atoms. The molecule has 2 saturated heterocycles. The lowest BCUT2D eigenvalue weighted by atomic mass is 9.94. The zero-order valence-corrected chi connectivity index (χ0v) is 52.3. The number of rotatable bonds is 17. The van der Waals surface area contributed by atoms with E-state index in [1.807, 2.05) is 26.8 Å². The number of ether oxygens (including phenoxy) is 2. The van der Waals surface area contributed by atoms with E-state index in [1.165, 1.54) is 56.7 Å². The fourth-order valence-electron chi connectivity index (χ4n) is 11.2. The van der Waals surface area contributed by atoms with Crippen molar-refractivity contribution in [1.82, 2.24) is 40.4 Å². The Morgan fingerprint density at radius 2 is 1.15 bits per heavy atom. The molecule has 0 bridgehead atoms. The number of amides is 8. The maximum atomic E-state index is 15.4. The Labute approximate surface area is 497 Å². The predicted octanol–water partition coefficient (Wildman–Crippen LogP) is 4.45. The Morgan fingerprint density at radius 1 is 0.655 bits per heavy atom. The highest BCUT2D eigenvalue weighted by atomic mass is 16.6. The molecule has 0 radical (unpaired) electrons. The number of benzene rings is 2. The Hall–Kier alpha value is -6.90. The average Bonchev–Trinajstić information content (AvgIpc) is 3.71. The molecule has 2 aliphatic heterocycles. The second-order valence-electron chi connectivity index (χ2n) is 24.5. The molecule has 8 amide bonds. The topological polar surface area (TPSA) is 262 Å². The van der Waals surface area contributed by atoms with Gasteiger partial charge in [0.05, 0.1) is 12.2 Å². The first kappa shape index (κ1) is 69.6. The van der Waals surface area contributed by atoms with Crippen molar-refractivity contribution < 1.29 is 62.5 Å². The van der Waals surface area contributed by atoms with Crippen molar-refractivity contribution in [1.29, 1.82) is 0 Å². The Morgan fingerprint density at radius 3 is 1.67 bits per heavy atom. The minimum atomic E-state index is -2.01. The van der Waals surface area contributed by atoms with Gasteiger partial charge in [-0.15, -0.1) is 0 Å². The zero-order chi connectivity index (χ0) is 62.9. The number of hydrogen-bond donors (Lipinski definition) is 4. The molecule has 2 fully saturated rings. The second-order valence-corrected chi connectivity index (χ2v) is 24.5.